The van der Waals surface area contributed by atoms with Gasteiger partial charge in [-0.3, -0.25) is 4.79 Å². The SMILES string of the molecule is CC(Sc1nnnn1Cc1ccco1)C(=O)N(C)CCOc1ccc(Cl)cc1. The fourth-order valence-corrected chi connectivity index (χ4v) is 3.42. The minimum absolute atomic E-state index is 0.0303. The van der Waals surface area contributed by atoms with Crippen LogP contribution in [-0.4, -0.2) is 56.5 Å². The number of likely N-dealkylation sites (N-methyl/N-ethyl adjacent to an activating group) is 1. The molecular weight excluding hydrogens is 402 g/mol. The number of halogens is 1. The zero-order chi connectivity index (χ0) is 19.9. The lowest BCUT2D eigenvalue weighted by molar-refractivity contribution is -0.129. The van der Waals surface area contributed by atoms with E-state index >= 15 is 0 Å². The van der Waals surface area contributed by atoms with Gasteiger partial charge in [-0.15, -0.1) is 5.10 Å². The van der Waals surface area contributed by atoms with Crippen LogP contribution in [0.3, 0.4) is 0 Å². The lowest BCUT2D eigenvalue weighted by Gasteiger charge is -2.21. The maximum absolute atomic E-state index is 12.6. The van der Waals surface area contributed by atoms with E-state index in [4.69, 9.17) is 20.8 Å². The molecule has 1 amide bonds. The fraction of sp³-hybridized carbons (Fsp3) is 0.333. The van der Waals surface area contributed by atoms with Crippen LogP contribution >= 0.6 is 23.4 Å². The normalized spacial score (nSPS) is 12.0. The Hall–Kier alpha value is -2.52. The molecule has 0 N–H and O–H groups in total. The average molecular weight is 422 g/mol. The van der Waals surface area contributed by atoms with Crippen LogP contribution in [0.25, 0.3) is 0 Å². The van der Waals surface area contributed by atoms with Crippen LogP contribution < -0.4 is 4.74 Å². The van der Waals surface area contributed by atoms with Crippen molar-refractivity contribution < 1.29 is 13.9 Å². The number of ether oxygens (including phenoxy) is 1. The van der Waals surface area contributed by atoms with Crippen LogP contribution in [0.1, 0.15) is 12.7 Å². The molecule has 0 aliphatic rings. The lowest BCUT2D eigenvalue weighted by Crippen LogP contribution is -2.36. The van der Waals surface area contributed by atoms with E-state index < -0.39 is 0 Å². The molecule has 0 aliphatic heterocycles. The maximum atomic E-state index is 12.6. The van der Waals surface area contributed by atoms with Gasteiger partial charge in [0.25, 0.3) is 0 Å². The Kier molecular flexibility index (Phi) is 6.94. The van der Waals surface area contributed by atoms with Gasteiger partial charge in [-0.25, -0.2) is 4.68 Å². The van der Waals surface area contributed by atoms with E-state index in [9.17, 15) is 4.79 Å². The highest BCUT2D eigenvalue weighted by molar-refractivity contribution is 8.00. The fourth-order valence-electron chi connectivity index (χ4n) is 2.39. The summed E-state index contributed by atoms with van der Waals surface area (Å²) in [6, 6.07) is 10.8. The number of tetrazole rings is 1. The van der Waals surface area contributed by atoms with Crippen molar-refractivity contribution in [3.05, 3.63) is 53.4 Å². The van der Waals surface area contributed by atoms with Crippen LogP contribution in [-0.2, 0) is 11.3 Å². The molecule has 0 radical (unpaired) electrons. The monoisotopic (exact) mass is 421 g/mol. The predicted molar refractivity (Wildman–Crippen MR) is 106 cm³/mol. The summed E-state index contributed by atoms with van der Waals surface area (Å²) >= 11 is 7.15. The molecule has 0 saturated carbocycles. The van der Waals surface area contributed by atoms with E-state index in [-0.39, 0.29) is 11.2 Å². The van der Waals surface area contributed by atoms with Crippen molar-refractivity contribution in [2.75, 3.05) is 20.2 Å². The molecule has 2 aromatic heterocycles. The van der Waals surface area contributed by atoms with Gasteiger partial charge in [0.2, 0.25) is 11.1 Å². The van der Waals surface area contributed by atoms with E-state index in [0.717, 1.165) is 5.76 Å². The molecule has 0 saturated heterocycles. The summed E-state index contributed by atoms with van der Waals surface area (Å²) in [6.07, 6.45) is 1.60. The largest absolute Gasteiger partial charge is 0.492 e. The number of thioether (sulfide) groups is 1. The molecule has 8 nitrogen and oxygen atoms in total. The second kappa shape index (κ2) is 9.61. The third-order valence-electron chi connectivity index (χ3n) is 3.90. The minimum atomic E-state index is -0.345. The number of carbonyl (C=O) groups excluding carboxylic acids is 1. The van der Waals surface area contributed by atoms with Gasteiger partial charge in [-0.05, 0) is 53.7 Å². The molecule has 1 atom stereocenters. The number of nitrogens with zero attached hydrogens (tertiary/aromatic N) is 5. The van der Waals surface area contributed by atoms with Crippen molar-refractivity contribution >= 4 is 29.3 Å². The molecule has 1 unspecified atom stereocenters. The summed E-state index contributed by atoms with van der Waals surface area (Å²) in [4.78, 5) is 14.3. The third-order valence-corrected chi connectivity index (χ3v) is 5.21. The molecule has 28 heavy (non-hydrogen) atoms. The standard InChI is InChI=1S/C18H20ClN5O3S/c1-13(28-18-20-21-22-24(18)12-16-4-3-10-26-16)17(25)23(2)9-11-27-15-7-5-14(19)6-8-15/h3-8,10,13H,9,11-12H2,1-2H3. The molecule has 3 rings (SSSR count). The molecule has 0 fully saturated rings. The summed E-state index contributed by atoms with van der Waals surface area (Å²) in [5.41, 5.74) is 0. The zero-order valence-corrected chi connectivity index (χ0v) is 17.1. The summed E-state index contributed by atoms with van der Waals surface area (Å²) in [5, 5.41) is 12.5. The molecule has 0 bridgehead atoms. The lowest BCUT2D eigenvalue weighted by atomic mass is 10.3. The quantitative estimate of drug-likeness (QED) is 0.491. The number of carbonyl (C=O) groups is 1. The number of hydrogen-bond acceptors (Lipinski definition) is 7. The summed E-state index contributed by atoms with van der Waals surface area (Å²) < 4.78 is 12.6. The van der Waals surface area contributed by atoms with Crippen molar-refractivity contribution in [1.29, 1.82) is 0 Å². The molecule has 10 heteroatoms. The third kappa shape index (κ3) is 5.49. The van der Waals surface area contributed by atoms with Gasteiger partial charge in [0.1, 0.15) is 24.7 Å². The number of rotatable bonds is 9. The van der Waals surface area contributed by atoms with Crippen LogP contribution in [0.2, 0.25) is 5.02 Å². The van der Waals surface area contributed by atoms with E-state index in [1.807, 2.05) is 13.0 Å². The zero-order valence-electron chi connectivity index (χ0n) is 15.5. The van der Waals surface area contributed by atoms with Gasteiger partial charge in [-0.1, -0.05) is 23.4 Å². The van der Waals surface area contributed by atoms with Gasteiger partial charge in [0, 0.05) is 12.1 Å². The first kappa shape index (κ1) is 20.2. The molecular formula is C18H20ClN5O3S. The molecule has 0 spiro atoms. The summed E-state index contributed by atoms with van der Waals surface area (Å²) in [5.74, 6) is 1.42. The van der Waals surface area contributed by atoms with Crippen LogP contribution in [0.15, 0.2) is 52.2 Å². The second-order valence-corrected chi connectivity index (χ2v) is 7.77. The smallest absolute Gasteiger partial charge is 0.235 e. The number of furan rings is 1. The molecule has 0 aliphatic carbocycles. The van der Waals surface area contributed by atoms with Crippen LogP contribution in [0.5, 0.6) is 5.75 Å². The highest BCUT2D eigenvalue weighted by Crippen LogP contribution is 2.22. The number of amides is 1. The summed E-state index contributed by atoms with van der Waals surface area (Å²) in [7, 11) is 1.75. The Bertz CT molecular complexity index is 885. The van der Waals surface area contributed by atoms with Crippen molar-refractivity contribution in [3.8, 4) is 5.75 Å². The van der Waals surface area contributed by atoms with Gasteiger partial charge in [0.15, 0.2) is 0 Å². The predicted octanol–water partition coefficient (Wildman–Crippen LogP) is 2.99. The second-order valence-electron chi connectivity index (χ2n) is 6.02. The number of aromatic nitrogens is 4. The van der Waals surface area contributed by atoms with Crippen molar-refractivity contribution in [3.63, 3.8) is 0 Å². The molecule has 148 valence electrons. The van der Waals surface area contributed by atoms with Crippen LogP contribution in [0, 0.1) is 0 Å². The Labute approximate surface area is 171 Å². The number of hydrogen-bond donors (Lipinski definition) is 0. The van der Waals surface area contributed by atoms with Crippen molar-refractivity contribution in [2.45, 2.75) is 23.9 Å². The first-order valence-electron chi connectivity index (χ1n) is 8.61. The summed E-state index contributed by atoms with van der Waals surface area (Å²) in [6.45, 7) is 3.09. The van der Waals surface area contributed by atoms with Gasteiger partial charge in [0.05, 0.1) is 18.1 Å². The van der Waals surface area contributed by atoms with E-state index in [1.54, 1.807) is 53.2 Å². The van der Waals surface area contributed by atoms with E-state index in [0.29, 0.717) is 35.6 Å². The van der Waals surface area contributed by atoms with E-state index in [1.165, 1.54) is 11.8 Å². The Balaban J connectivity index is 1.48. The number of benzene rings is 1. The Morgan fingerprint density at radius 2 is 2.14 bits per heavy atom. The topological polar surface area (TPSA) is 86.3 Å². The van der Waals surface area contributed by atoms with Gasteiger partial charge in [-0.2, -0.15) is 0 Å². The van der Waals surface area contributed by atoms with Crippen molar-refractivity contribution in [1.82, 2.24) is 25.1 Å². The molecule has 3 aromatic rings. The van der Waals surface area contributed by atoms with Gasteiger partial charge < -0.3 is 14.1 Å². The Morgan fingerprint density at radius 3 is 2.86 bits per heavy atom. The first-order valence-corrected chi connectivity index (χ1v) is 9.87. The van der Waals surface area contributed by atoms with E-state index in [2.05, 4.69) is 15.5 Å². The highest BCUT2D eigenvalue weighted by atomic mass is 35.5. The molecule has 1 aromatic carbocycles. The Morgan fingerprint density at radius 1 is 1.36 bits per heavy atom. The molecule has 2 heterocycles. The maximum Gasteiger partial charge on any atom is 0.235 e. The average Bonchev–Trinajstić information content (AvgIpc) is 3.35. The van der Waals surface area contributed by atoms with Gasteiger partial charge >= 0.3 is 0 Å². The van der Waals surface area contributed by atoms with Crippen molar-refractivity contribution in [2.24, 2.45) is 0 Å². The van der Waals surface area contributed by atoms with Crippen LogP contribution in [0.4, 0.5) is 0 Å². The highest BCUT2D eigenvalue weighted by Gasteiger charge is 2.22. The first-order chi connectivity index (χ1) is 13.5. The minimum Gasteiger partial charge on any atom is -0.492 e.